The maximum absolute atomic E-state index is 12.8. The van der Waals surface area contributed by atoms with Gasteiger partial charge in [0.1, 0.15) is 12.4 Å². The quantitative estimate of drug-likeness (QED) is 0.562. The number of rotatable bonds is 5. The molecule has 0 aromatic carbocycles. The lowest BCUT2D eigenvalue weighted by molar-refractivity contribution is -0.141. The van der Waals surface area contributed by atoms with Crippen LogP contribution in [0.5, 0.6) is 0 Å². The van der Waals surface area contributed by atoms with Crippen LogP contribution in [-0.4, -0.2) is 48.3 Å². The molecule has 3 rings (SSSR count). The molecule has 0 bridgehead atoms. The summed E-state index contributed by atoms with van der Waals surface area (Å²) >= 11 is 0. The maximum Gasteiger partial charge on any atom is 0.417 e. The molecule has 0 aliphatic heterocycles. The topological polar surface area (TPSA) is 68.8 Å². The van der Waals surface area contributed by atoms with E-state index in [4.69, 9.17) is 0 Å². The number of pyridine rings is 1. The highest BCUT2D eigenvalue weighted by Crippen LogP contribution is 2.29. The summed E-state index contributed by atoms with van der Waals surface area (Å²) < 4.78 is 78.2. The van der Waals surface area contributed by atoms with Gasteiger partial charge in [0.2, 0.25) is 0 Å². The summed E-state index contributed by atoms with van der Waals surface area (Å²) in [5, 5.41) is 4.00. The number of imidazole rings is 1. The lowest BCUT2D eigenvalue weighted by atomic mass is 10.2. The number of carbonyl (C=O) groups excluding carboxylic acids is 1. The van der Waals surface area contributed by atoms with Crippen LogP contribution in [-0.2, 0) is 19.3 Å². The largest absolute Gasteiger partial charge is 0.417 e. The van der Waals surface area contributed by atoms with Crippen LogP contribution < -0.4 is 0 Å². The summed E-state index contributed by atoms with van der Waals surface area (Å²) in [6, 6.07) is 1.96. The number of halogens is 6. The van der Waals surface area contributed by atoms with E-state index >= 15 is 0 Å². The Morgan fingerprint density at radius 3 is 2.39 bits per heavy atom. The van der Waals surface area contributed by atoms with Crippen molar-refractivity contribution < 1.29 is 31.1 Å². The number of amides is 1. The summed E-state index contributed by atoms with van der Waals surface area (Å²) in [5.41, 5.74) is -0.493. The van der Waals surface area contributed by atoms with Crippen LogP contribution in [0.1, 0.15) is 27.4 Å². The van der Waals surface area contributed by atoms with Crippen LogP contribution in [0.4, 0.5) is 26.3 Å². The molecule has 3 aromatic heterocycles. The molecule has 166 valence electrons. The lowest BCUT2D eigenvalue weighted by Gasteiger charge is -2.18. The zero-order valence-electron chi connectivity index (χ0n) is 16.2. The van der Waals surface area contributed by atoms with Gasteiger partial charge >= 0.3 is 12.4 Å². The third-order valence-corrected chi connectivity index (χ3v) is 4.41. The summed E-state index contributed by atoms with van der Waals surface area (Å²) in [7, 11) is 1.39. The van der Waals surface area contributed by atoms with Gasteiger partial charge in [0.05, 0.1) is 29.6 Å². The van der Waals surface area contributed by atoms with Gasteiger partial charge < -0.3 is 9.47 Å². The first-order chi connectivity index (χ1) is 14.4. The fraction of sp³-hybridized carbons (Fsp3) is 0.333. The van der Waals surface area contributed by atoms with Gasteiger partial charge in [-0.15, -0.1) is 0 Å². The number of alkyl halides is 6. The zero-order chi connectivity index (χ0) is 23.0. The first-order valence-corrected chi connectivity index (χ1v) is 8.77. The SMILES string of the molecule is Cc1c(C(=O)N(C)Cc2nccn2CC(F)(F)F)cnn1-c1ccc(C(F)(F)F)cn1. The molecule has 1 amide bonds. The maximum atomic E-state index is 12.8. The smallest absolute Gasteiger partial charge is 0.334 e. The van der Waals surface area contributed by atoms with E-state index in [9.17, 15) is 31.1 Å². The lowest BCUT2D eigenvalue weighted by Crippen LogP contribution is -2.29. The van der Waals surface area contributed by atoms with Crippen molar-refractivity contribution in [2.75, 3.05) is 7.05 Å². The van der Waals surface area contributed by atoms with Gasteiger partial charge in [-0.3, -0.25) is 4.79 Å². The Morgan fingerprint density at radius 2 is 1.81 bits per heavy atom. The van der Waals surface area contributed by atoms with E-state index in [0.29, 0.717) is 11.9 Å². The van der Waals surface area contributed by atoms with E-state index in [0.717, 1.165) is 16.7 Å². The fourth-order valence-corrected chi connectivity index (χ4v) is 2.85. The van der Waals surface area contributed by atoms with Gasteiger partial charge in [0.25, 0.3) is 5.91 Å². The molecule has 0 aliphatic rings. The molecule has 3 heterocycles. The normalized spacial score (nSPS) is 12.3. The van der Waals surface area contributed by atoms with Crippen molar-refractivity contribution in [3.8, 4) is 5.82 Å². The Morgan fingerprint density at radius 1 is 1.10 bits per heavy atom. The molecular weight excluding hydrogens is 430 g/mol. The van der Waals surface area contributed by atoms with Crippen molar-refractivity contribution in [2.45, 2.75) is 32.4 Å². The number of nitrogens with zero attached hydrogens (tertiary/aromatic N) is 6. The van der Waals surface area contributed by atoms with Gasteiger partial charge in [-0.25, -0.2) is 14.6 Å². The number of carbonyl (C=O) groups is 1. The Hall–Kier alpha value is -3.38. The summed E-state index contributed by atoms with van der Waals surface area (Å²) in [4.78, 5) is 21.5. The van der Waals surface area contributed by atoms with E-state index < -0.39 is 30.4 Å². The Labute approximate surface area is 171 Å². The van der Waals surface area contributed by atoms with Crippen molar-refractivity contribution in [3.63, 3.8) is 0 Å². The molecule has 7 nitrogen and oxygen atoms in total. The molecule has 0 radical (unpaired) electrons. The molecule has 0 atom stereocenters. The monoisotopic (exact) mass is 446 g/mol. The molecule has 13 heteroatoms. The zero-order valence-corrected chi connectivity index (χ0v) is 16.2. The Bertz CT molecular complexity index is 1070. The van der Waals surface area contributed by atoms with Crippen molar-refractivity contribution in [1.82, 2.24) is 29.2 Å². The average Bonchev–Trinajstić information content (AvgIpc) is 3.25. The van der Waals surface area contributed by atoms with Crippen LogP contribution in [0.3, 0.4) is 0 Å². The highest BCUT2D eigenvalue weighted by atomic mass is 19.4. The molecule has 0 unspecified atom stereocenters. The highest BCUT2D eigenvalue weighted by molar-refractivity contribution is 5.95. The van der Waals surface area contributed by atoms with Gasteiger partial charge in [0, 0.05) is 25.6 Å². The van der Waals surface area contributed by atoms with E-state index in [1.165, 1.54) is 42.1 Å². The van der Waals surface area contributed by atoms with Crippen molar-refractivity contribution in [1.29, 1.82) is 0 Å². The second-order valence-electron chi connectivity index (χ2n) is 6.71. The van der Waals surface area contributed by atoms with Crippen molar-refractivity contribution in [2.24, 2.45) is 0 Å². The minimum Gasteiger partial charge on any atom is -0.334 e. The first-order valence-electron chi connectivity index (χ1n) is 8.77. The molecule has 0 saturated carbocycles. The number of hydrogen-bond acceptors (Lipinski definition) is 4. The molecule has 3 aromatic rings. The Balaban J connectivity index is 1.78. The van der Waals surface area contributed by atoms with Crippen LogP contribution in [0, 0.1) is 6.92 Å². The van der Waals surface area contributed by atoms with Gasteiger partial charge in [-0.2, -0.15) is 31.4 Å². The first kappa shape index (κ1) is 22.3. The van der Waals surface area contributed by atoms with Crippen LogP contribution in [0.15, 0.2) is 36.9 Å². The third-order valence-electron chi connectivity index (χ3n) is 4.41. The van der Waals surface area contributed by atoms with Crippen LogP contribution in [0.2, 0.25) is 0 Å². The van der Waals surface area contributed by atoms with Gasteiger partial charge in [0.15, 0.2) is 5.82 Å². The van der Waals surface area contributed by atoms with Gasteiger partial charge in [-0.05, 0) is 19.1 Å². The Kier molecular flexibility index (Phi) is 5.79. The van der Waals surface area contributed by atoms with E-state index in [1.54, 1.807) is 0 Å². The molecule has 0 N–H and O–H groups in total. The molecule has 0 fully saturated rings. The molecular formula is C18H16F6N6O. The second kappa shape index (κ2) is 8.04. The average molecular weight is 446 g/mol. The third kappa shape index (κ3) is 5.03. The summed E-state index contributed by atoms with van der Waals surface area (Å²) in [6.45, 7) is 0.101. The van der Waals surface area contributed by atoms with Gasteiger partial charge in [-0.1, -0.05) is 0 Å². The van der Waals surface area contributed by atoms with E-state index in [2.05, 4.69) is 15.1 Å². The number of hydrogen-bond donors (Lipinski definition) is 0. The van der Waals surface area contributed by atoms with E-state index in [1.807, 2.05) is 0 Å². The molecule has 0 aliphatic carbocycles. The fourth-order valence-electron chi connectivity index (χ4n) is 2.85. The molecule has 0 spiro atoms. The molecule has 31 heavy (non-hydrogen) atoms. The molecule has 0 saturated heterocycles. The predicted molar refractivity (Wildman–Crippen MR) is 95.2 cm³/mol. The number of aromatic nitrogens is 5. The van der Waals surface area contributed by atoms with Crippen molar-refractivity contribution in [3.05, 3.63) is 59.6 Å². The van der Waals surface area contributed by atoms with E-state index in [-0.39, 0.29) is 23.8 Å². The van der Waals surface area contributed by atoms with Crippen molar-refractivity contribution >= 4 is 5.91 Å². The minimum atomic E-state index is -4.54. The minimum absolute atomic E-state index is 0.0441. The predicted octanol–water partition coefficient (Wildman–Crippen LogP) is 3.63. The second-order valence-corrected chi connectivity index (χ2v) is 6.71. The summed E-state index contributed by atoms with van der Waals surface area (Å²) in [6.07, 6.45) is -4.73. The van der Waals surface area contributed by atoms with Crippen LogP contribution in [0.25, 0.3) is 5.82 Å². The van der Waals surface area contributed by atoms with Crippen LogP contribution >= 0.6 is 0 Å². The highest BCUT2D eigenvalue weighted by Gasteiger charge is 2.31. The summed E-state index contributed by atoms with van der Waals surface area (Å²) in [5.74, 6) is -0.423. The standard InChI is InChI=1S/C18H16F6N6O/c1-11-13(8-27-30(11)14-4-3-12(7-26-14)18(22,23)24)16(31)28(2)9-15-25-5-6-29(15)10-17(19,20)21/h3-8H,9-10H2,1-2H3.